The maximum atomic E-state index is 13.5. The van der Waals surface area contributed by atoms with E-state index in [0.29, 0.717) is 18.5 Å². The molecule has 0 aromatic heterocycles. The Bertz CT molecular complexity index is 687. The first-order chi connectivity index (χ1) is 10.6. The molecule has 0 spiro atoms. The Morgan fingerprint density at radius 1 is 1.09 bits per heavy atom. The van der Waals surface area contributed by atoms with Crippen LogP contribution in [-0.4, -0.2) is 17.6 Å². The van der Waals surface area contributed by atoms with Crippen LogP contribution >= 0.6 is 0 Å². The van der Waals surface area contributed by atoms with Crippen LogP contribution in [0.4, 0.5) is 14.5 Å². The van der Waals surface area contributed by atoms with Crippen molar-refractivity contribution < 1.29 is 18.7 Å². The molecule has 114 valence electrons. The molecule has 1 aliphatic heterocycles. The van der Waals surface area contributed by atoms with E-state index in [0.717, 1.165) is 5.69 Å². The van der Waals surface area contributed by atoms with Gasteiger partial charge in [-0.2, -0.15) is 0 Å². The predicted molar refractivity (Wildman–Crippen MR) is 78.6 cm³/mol. The van der Waals surface area contributed by atoms with Gasteiger partial charge < -0.3 is 10.0 Å². The highest BCUT2D eigenvalue weighted by atomic mass is 19.1. The van der Waals surface area contributed by atoms with Crippen LogP contribution in [0.25, 0.3) is 0 Å². The molecule has 0 saturated carbocycles. The van der Waals surface area contributed by atoms with Crippen molar-refractivity contribution in [3.8, 4) is 0 Å². The fraction of sp³-hybridized carbons (Fsp3) is 0.235. The lowest BCUT2D eigenvalue weighted by atomic mass is 9.93. The second kappa shape index (κ2) is 5.75. The molecule has 2 aromatic rings. The summed E-state index contributed by atoms with van der Waals surface area (Å²) in [4.78, 5) is 13.4. The Labute approximate surface area is 126 Å². The zero-order chi connectivity index (χ0) is 15.7. The number of carboxylic acid groups (broad SMARTS) is 1. The predicted octanol–water partition coefficient (Wildman–Crippen LogP) is 3.62. The topological polar surface area (TPSA) is 40.5 Å². The number of aliphatic carboxylic acids is 1. The highest BCUT2D eigenvalue weighted by Gasteiger charge is 2.40. The van der Waals surface area contributed by atoms with Gasteiger partial charge >= 0.3 is 5.97 Å². The van der Waals surface area contributed by atoms with E-state index in [9.17, 15) is 18.7 Å². The molecule has 1 N–H and O–H groups in total. The quantitative estimate of drug-likeness (QED) is 0.941. The Balaban J connectivity index is 2.02. The number of carbonyl (C=O) groups is 1. The molecule has 1 fully saturated rings. The monoisotopic (exact) mass is 303 g/mol. The zero-order valence-corrected chi connectivity index (χ0v) is 11.7. The summed E-state index contributed by atoms with van der Waals surface area (Å²) in [5.41, 5.74) is 1.36. The van der Waals surface area contributed by atoms with Crippen molar-refractivity contribution in [3.05, 3.63) is 65.7 Å². The summed E-state index contributed by atoms with van der Waals surface area (Å²) in [6.45, 7) is 0.532. The van der Waals surface area contributed by atoms with Gasteiger partial charge in [-0.3, -0.25) is 4.79 Å². The second-order valence-corrected chi connectivity index (χ2v) is 5.40. The molecule has 0 bridgehead atoms. The number of anilines is 1. The number of rotatable bonds is 3. The largest absolute Gasteiger partial charge is 0.481 e. The summed E-state index contributed by atoms with van der Waals surface area (Å²) in [6.07, 6.45) is 0.466. The molecule has 1 saturated heterocycles. The molecule has 2 unspecified atom stereocenters. The standard InChI is InChI=1S/C17H15F2NO2/c18-12-4-6-14(7-5-12)20-9-8-15(17(21)22)16(20)11-2-1-3-13(19)10-11/h1-7,10,15-16H,8-9H2,(H,21,22). The Kier molecular flexibility index (Phi) is 3.79. The van der Waals surface area contributed by atoms with E-state index in [-0.39, 0.29) is 5.82 Å². The third-order valence-corrected chi connectivity index (χ3v) is 4.06. The first-order valence-corrected chi connectivity index (χ1v) is 7.07. The number of benzene rings is 2. The summed E-state index contributed by atoms with van der Waals surface area (Å²) in [5, 5.41) is 9.44. The highest BCUT2D eigenvalue weighted by molar-refractivity contribution is 5.73. The lowest BCUT2D eigenvalue weighted by Gasteiger charge is -2.29. The molecule has 5 heteroatoms. The minimum atomic E-state index is -0.904. The van der Waals surface area contributed by atoms with E-state index in [4.69, 9.17) is 0 Å². The lowest BCUT2D eigenvalue weighted by molar-refractivity contribution is -0.141. The number of nitrogens with zero attached hydrogens (tertiary/aromatic N) is 1. The first-order valence-electron chi connectivity index (χ1n) is 7.07. The van der Waals surface area contributed by atoms with Crippen molar-refractivity contribution in [3.63, 3.8) is 0 Å². The molecule has 22 heavy (non-hydrogen) atoms. The van der Waals surface area contributed by atoms with Crippen molar-refractivity contribution in [2.45, 2.75) is 12.5 Å². The van der Waals surface area contributed by atoms with Crippen LogP contribution in [0.1, 0.15) is 18.0 Å². The fourth-order valence-corrected chi connectivity index (χ4v) is 3.08. The maximum absolute atomic E-state index is 13.5. The van der Waals surface area contributed by atoms with Crippen molar-refractivity contribution >= 4 is 11.7 Å². The average molecular weight is 303 g/mol. The number of halogens is 2. The minimum absolute atomic E-state index is 0.347. The molecule has 2 aromatic carbocycles. The molecular formula is C17H15F2NO2. The number of hydrogen-bond donors (Lipinski definition) is 1. The minimum Gasteiger partial charge on any atom is -0.481 e. The Morgan fingerprint density at radius 2 is 1.82 bits per heavy atom. The highest BCUT2D eigenvalue weighted by Crippen LogP contribution is 2.40. The van der Waals surface area contributed by atoms with Gasteiger partial charge in [-0.25, -0.2) is 8.78 Å². The van der Waals surface area contributed by atoms with E-state index in [2.05, 4.69) is 0 Å². The van der Waals surface area contributed by atoms with Gasteiger partial charge in [0.15, 0.2) is 0 Å². The third kappa shape index (κ3) is 2.66. The molecular weight excluding hydrogens is 288 g/mol. The molecule has 0 aliphatic carbocycles. The van der Waals surface area contributed by atoms with Crippen LogP contribution in [0, 0.1) is 17.6 Å². The summed E-state index contributed by atoms with van der Waals surface area (Å²) < 4.78 is 26.6. The van der Waals surface area contributed by atoms with Crippen LogP contribution in [0.3, 0.4) is 0 Å². The zero-order valence-electron chi connectivity index (χ0n) is 11.7. The SMILES string of the molecule is O=C(O)C1CCN(c2ccc(F)cc2)C1c1cccc(F)c1. The van der Waals surface area contributed by atoms with Crippen LogP contribution in [0.5, 0.6) is 0 Å². The normalized spacial score (nSPS) is 21.1. The van der Waals surface area contributed by atoms with E-state index in [1.807, 2.05) is 4.90 Å². The van der Waals surface area contributed by atoms with Crippen LogP contribution < -0.4 is 4.90 Å². The van der Waals surface area contributed by atoms with Crippen molar-refractivity contribution in [2.24, 2.45) is 5.92 Å². The van der Waals surface area contributed by atoms with E-state index < -0.39 is 23.7 Å². The van der Waals surface area contributed by atoms with Gasteiger partial charge in [0, 0.05) is 12.2 Å². The van der Waals surface area contributed by atoms with E-state index in [1.54, 1.807) is 24.3 Å². The summed E-state index contributed by atoms with van der Waals surface area (Å²) in [7, 11) is 0. The smallest absolute Gasteiger partial charge is 0.309 e. The van der Waals surface area contributed by atoms with Crippen LogP contribution in [-0.2, 0) is 4.79 Å². The summed E-state index contributed by atoms with van der Waals surface area (Å²) in [5.74, 6) is -2.27. The first kappa shape index (κ1) is 14.5. The van der Waals surface area contributed by atoms with Crippen LogP contribution in [0.15, 0.2) is 48.5 Å². The second-order valence-electron chi connectivity index (χ2n) is 5.40. The average Bonchev–Trinajstić information content (AvgIpc) is 2.93. The Hall–Kier alpha value is -2.43. The third-order valence-electron chi connectivity index (χ3n) is 4.06. The maximum Gasteiger partial charge on any atom is 0.309 e. The van der Waals surface area contributed by atoms with E-state index in [1.165, 1.54) is 24.3 Å². The van der Waals surface area contributed by atoms with Gasteiger partial charge in [-0.15, -0.1) is 0 Å². The molecule has 3 rings (SSSR count). The van der Waals surface area contributed by atoms with Gasteiger partial charge in [0.25, 0.3) is 0 Å². The molecule has 1 heterocycles. The van der Waals surface area contributed by atoms with Crippen LogP contribution in [0.2, 0.25) is 0 Å². The molecule has 3 nitrogen and oxygen atoms in total. The van der Waals surface area contributed by atoms with Crippen molar-refractivity contribution in [1.29, 1.82) is 0 Å². The Morgan fingerprint density at radius 3 is 2.45 bits per heavy atom. The van der Waals surface area contributed by atoms with Gasteiger partial charge in [0.05, 0.1) is 12.0 Å². The number of hydrogen-bond acceptors (Lipinski definition) is 2. The lowest BCUT2D eigenvalue weighted by Crippen LogP contribution is -2.28. The van der Waals surface area contributed by atoms with Crippen molar-refractivity contribution in [2.75, 3.05) is 11.4 Å². The fourth-order valence-electron chi connectivity index (χ4n) is 3.08. The van der Waals surface area contributed by atoms with E-state index >= 15 is 0 Å². The molecule has 1 aliphatic rings. The molecule has 0 amide bonds. The molecule has 0 radical (unpaired) electrons. The number of carboxylic acids is 1. The summed E-state index contributed by atoms with van der Waals surface area (Å²) in [6, 6.07) is 11.4. The summed E-state index contributed by atoms with van der Waals surface area (Å²) >= 11 is 0. The van der Waals surface area contributed by atoms with Crippen molar-refractivity contribution in [1.82, 2.24) is 0 Å². The van der Waals surface area contributed by atoms with Gasteiger partial charge in [-0.05, 0) is 48.4 Å². The van der Waals surface area contributed by atoms with Gasteiger partial charge in [-0.1, -0.05) is 12.1 Å². The van der Waals surface area contributed by atoms with Gasteiger partial charge in [0.1, 0.15) is 11.6 Å². The van der Waals surface area contributed by atoms with Gasteiger partial charge in [0.2, 0.25) is 0 Å². The molecule has 2 atom stereocenters.